The van der Waals surface area contributed by atoms with Gasteiger partial charge in [0.2, 0.25) is 5.82 Å². The van der Waals surface area contributed by atoms with E-state index in [-0.39, 0.29) is 5.82 Å². The van der Waals surface area contributed by atoms with E-state index in [0.717, 1.165) is 49.4 Å². The zero-order chi connectivity index (χ0) is 20.7. The van der Waals surface area contributed by atoms with Crippen molar-refractivity contribution in [3.63, 3.8) is 0 Å². The molecule has 2 saturated heterocycles. The van der Waals surface area contributed by atoms with Crippen LogP contribution in [0.25, 0.3) is 11.4 Å². The topological polar surface area (TPSA) is 86.7 Å². The molecule has 1 N–H and O–H groups in total. The monoisotopic (exact) mass is 408 g/mol. The van der Waals surface area contributed by atoms with Crippen molar-refractivity contribution in [2.45, 2.75) is 45.3 Å². The van der Waals surface area contributed by atoms with E-state index < -0.39 is 0 Å². The number of likely N-dealkylation sites (tertiary alicyclic amines) is 1. The van der Waals surface area contributed by atoms with E-state index in [4.69, 9.17) is 0 Å². The molecule has 30 heavy (non-hydrogen) atoms. The van der Waals surface area contributed by atoms with Gasteiger partial charge in [-0.3, -0.25) is 4.90 Å². The third kappa shape index (κ3) is 3.54. The molecule has 2 aliphatic rings. The van der Waals surface area contributed by atoms with Crippen LogP contribution in [0.4, 0.5) is 10.1 Å². The van der Waals surface area contributed by atoms with Crippen molar-refractivity contribution in [3.8, 4) is 11.4 Å². The molecule has 0 amide bonds. The fourth-order valence-corrected chi connectivity index (χ4v) is 4.82. The number of rotatable bonds is 6. The van der Waals surface area contributed by atoms with Gasteiger partial charge in [-0.1, -0.05) is 13.8 Å². The molecule has 156 valence electrons. The number of aromatic amines is 1. The minimum absolute atomic E-state index is 0.288. The average Bonchev–Trinajstić information content (AvgIpc) is 3.45. The lowest BCUT2D eigenvalue weighted by molar-refractivity contribution is 0.227. The summed E-state index contributed by atoms with van der Waals surface area (Å²) in [6.45, 7) is 6.85. The first-order valence-electron chi connectivity index (χ1n) is 10.4. The Morgan fingerprint density at radius 1 is 1.20 bits per heavy atom. The van der Waals surface area contributed by atoms with E-state index in [0.29, 0.717) is 29.4 Å². The Balaban J connectivity index is 1.44. The molecule has 2 atom stereocenters. The number of fused-ring (bicyclic) bond motifs is 2. The van der Waals surface area contributed by atoms with Gasteiger partial charge >= 0.3 is 0 Å². The summed E-state index contributed by atoms with van der Waals surface area (Å²) in [4.78, 5) is 4.78. The second-order valence-electron chi connectivity index (χ2n) is 8.65. The first-order chi connectivity index (χ1) is 14.6. The molecule has 2 bridgehead atoms. The summed E-state index contributed by atoms with van der Waals surface area (Å²) < 4.78 is 15.2. The van der Waals surface area contributed by atoms with Crippen LogP contribution in [0.1, 0.15) is 31.5 Å². The van der Waals surface area contributed by atoms with Gasteiger partial charge in [-0.05, 0) is 53.8 Å². The largest absolute Gasteiger partial charge is 0.365 e. The van der Waals surface area contributed by atoms with Crippen LogP contribution in [0.2, 0.25) is 0 Å². The number of H-pyrrole nitrogens is 1. The molecular formula is C21H25FN8. The molecule has 3 aromatic rings. The Hall–Kier alpha value is -2.94. The SMILES string of the molecule is CC(C)Cc1cc(F)c(-c2nn[nH]n2)c(N2CC3CC2CN3Cc2cccnn2)c1. The van der Waals surface area contributed by atoms with Crippen LogP contribution in [-0.2, 0) is 13.0 Å². The number of nitrogens with one attached hydrogen (secondary N) is 1. The third-order valence-corrected chi connectivity index (χ3v) is 6.00. The molecule has 2 fully saturated rings. The lowest BCUT2D eigenvalue weighted by Crippen LogP contribution is -2.46. The normalized spacial score (nSPS) is 21.1. The van der Waals surface area contributed by atoms with Gasteiger partial charge in [-0.2, -0.15) is 15.4 Å². The summed E-state index contributed by atoms with van der Waals surface area (Å²) in [6, 6.07) is 8.39. The van der Waals surface area contributed by atoms with Crippen molar-refractivity contribution in [2.24, 2.45) is 5.92 Å². The Morgan fingerprint density at radius 2 is 2.10 bits per heavy atom. The number of piperazine rings is 1. The second kappa shape index (κ2) is 7.71. The highest BCUT2D eigenvalue weighted by atomic mass is 19.1. The summed E-state index contributed by atoms with van der Waals surface area (Å²) in [7, 11) is 0. The summed E-state index contributed by atoms with van der Waals surface area (Å²) in [5.41, 5.74) is 3.29. The van der Waals surface area contributed by atoms with Crippen LogP contribution in [0.5, 0.6) is 0 Å². The molecule has 0 radical (unpaired) electrons. The highest BCUT2D eigenvalue weighted by Crippen LogP contribution is 2.41. The van der Waals surface area contributed by atoms with Gasteiger partial charge < -0.3 is 4.90 Å². The minimum Gasteiger partial charge on any atom is -0.365 e. The summed E-state index contributed by atoms with van der Waals surface area (Å²) in [5.74, 6) is 0.465. The molecule has 8 nitrogen and oxygen atoms in total. The number of anilines is 1. The predicted molar refractivity (Wildman–Crippen MR) is 110 cm³/mol. The number of benzene rings is 1. The van der Waals surface area contributed by atoms with Crippen molar-refractivity contribution in [2.75, 3.05) is 18.0 Å². The van der Waals surface area contributed by atoms with Crippen molar-refractivity contribution in [1.82, 2.24) is 35.7 Å². The van der Waals surface area contributed by atoms with Crippen LogP contribution in [0.3, 0.4) is 0 Å². The van der Waals surface area contributed by atoms with Gasteiger partial charge in [0.25, 0.3) is 0 Å². The first-order valence-corrected chi connectivity index (χ1v) is 10.4. The Bertz CT molecular complexity index is 1010. The molecule has 1 aromatic carbocycles. The molecule has 0 aliphatic carbocycles. The molecular weight excluding hydrogens is 383 g/mol. The molecule has 0 spiro atoms. The summed E-state index contributed by atoms with van der Waals surface area (Å²) in [5, 5.41) is 22.4. The van der Waals surface area contributed by atoms with Gasteiger partial charge in [0.05, 0.1) is 16.9 Å². The average molecular weight is 408 g/mol. The van der Waals surface area contributed by atoms with Crippen molar-refractivity contribution >= 4 is 5.69 Å². The fourth-order valence-electron chi connectivity index (χ4n) is 4.82. The van der Waals surface area contributed by atoms with Crippen LogP contribution in [0, 0.1) is 11.7 Å². The predicted octanol–water partition coefficient (Wildman–Crippen LogP) is 2.46. The maximum Gasteiger partial charge on any atom is 0.209 e. The highest BCUT2D eigenvalue weighted by molar-refractivity contribution is 5.76. The number of aromatic nitrogens is 6. The lowest BCUT2D eigenvalue weighted by Gasteiger charge is -2.36. The van der Waals surface area contributed by atoms with E-state index >= 15 is 4.39 Å². The number of tetrazole rings is 1. The van der Waals surface area contributed by atoms with Crippen molar-refractivity contribution < 1.29 is 4.39 Å². The van der Waals surface area contributed by atoms with E-state index in [1.165, 1.54) is 0 Å². The number of halogens is 1. The van der Waals surface area contributed by atoms with Crippen LogP contribution >= 0.6 is 0 Å². The molecule has 4 heterocycles. The highest BCUT2D eigenvalue weighted by Gasteiger charge is 2.44. The number of hydrogen-bond donors (Lipinski definition) is 1. The van der Waals surface area contributed by atoms with Gasteiger partial charge in [-0.15, -0.1) is 10.2 Å². The second-order valence-corrected chi connectivity index (χ2v) is 8.65. The van der Waals surface area contributed by atoms with Crippen LogP contribution in [-0.4, -0.2) is 60.9 Å². The minimum atomic E-state index is -0.288. The van der Waals surface area contributed by atoms with Crippen molar-refractivity contribution in [3.05, 3.63) is 47.5 Å². The molecule has 5 rings (SSSR count). The smallest absolute Gasteiger partial charge is 0.209 e. The van der Waals surface area contributed by atoms with Gasteiger partial charge in [0, 0.05) is 37.9 Å². The maximum atomic E-state index is 15.2. The molecule has 9 heteroatoms. The van der Waals surface area contributed by atoms with E-state index in [9.17, 15) is 0 Å². The zero-order valence-corrected chi connectivity index (χ0v) is 17.2. The Labute approximate surface area is 174 Å². The zero-order valence-electron chi connectivity index (χ0n) is 17.2. The quantitative estimate of drug-likeness (QED) is 0.670. The first kappa shape index (κ1) is 19.0. The van der Waals surface area contributed by atoms with Crippen LogP contribution < -0.4 is 4.90 Å². The lowest BCUT2D eigenvalue weighted by atomic mass is 9.98. The van der Waals surface area contributed by atoms with E-state index in [2.05, 4.69) is 60.5 Å². The van der Waals surface area contributed by atoms with Gasteiger partial charge in [-0.25, -0.2) is 4.39 Å². The standard InChI is InChI=1S/C21H25FN8/c1-13(2)6-14-7-18(22)20(21-25-27-28-26-21)19(8-14)30-12-16-9-17(30)11-29(16)10-15-4-3-5-23-24-15/h3-5,7-8,13,16-17H,6,9-12H2,1-2H3,(H,25,26,27,28). The molecule has 0 saturated carbocycles. The Morgan fingerprint density at radius 3 is 2.77 bits per heavy atom. The summed E-state index contributed by atoms with van der Waals surface area (Å²) >= 11 is 0. The van der Waals surface area contributed by atoms with Gasteiger partial charge in [0.15, 0.2) is 0 Å². The van der Waals surface area contributed by atoms with E-state index in [1.807, 2.05) is 12.1 Å². The number of nitrogens with zero attached hydrogens (tertiary/aromatic N) is 7. The maximum absolute atomic E-state index is 15.2. The Kier molecular flexibility index (Phi) is 4.90. The fraction of sp³-hybridized carbons (Fsp3) is 0.476. The third-order valence-electron chi connectivity index (χ3n) is 6.00. The van der Waals surface area contributed by atoms with E-state index in [1.54, 1.807) is 12.3 Å². The van der Waals surface area contributed by atoms with Gasteiger partial charge in [0.1, 0.15) is 5.82 Å². The van der Waals surface area contributed by atoms with Crippen LogP contribution in [0.15, 0.2) is 30.5 Å². The molecule has 2 aromatic heterocycles. The van der Waals surface area contributed by atoms with Crippen molar-refractivity contribution in [1.29, 1.82) is 0 Å². The molecule has 2 unspecified atom stereocenters. The molecule has 2 aliphatic heterocycles. The number of hydrogen-bond acceptors (Lipinski definition) is 7. The summed E-state index contributed by atoms with van der Waals surface area (Å²) in [6.07, 6.45) is 3.58.